The normalized spacial score (nSPS) is 14.7. The summed E-state index contributed by atoms with van der Waals surface area (Å²) in [4.78, 5) is 37.9. The first kappa shape index (κ1) is 38.2. The zero-order chi connectivity index (χ0) is 30.4. The van der Waals surface area contributed by atoms with Crippen molar-refractivity contribution in [1.29, 1.82) is 0 Å². The van der Waals surface area contributed by atoms with Gasteiger partial charge in [-0.25, -0.2) is 0 Å². The van der Waals surface area contributed by atoms with E-state index in [0.717, 1.165) is 57.8 Å². The summed E-state index contributed by atoms with van der Waals surface area (Å²) in [5, 5.41) is 52.7. The van der Waals surface area contributed by atoms with Crippen molar-refractivity contribution in [3.05, 3.63) is 0 Å². The van der Waals surface area contributed by atoms with Crippen molar-refractivity contribution in [2.24, 2.45) is 0 Å². The van der Waals surface area contributed by atoms with Gasteiger partial charge in [0.25, 0.3) is 0 Å². The van der Waals surface area contributed by atoms with E-state index >= 15 is 0 Å². The minimum Gasteiger partial charge on any atom is -0.419 e. The fraction of sp³-hybridized carbons (Fsp3) is 0.897. The van der Waals surface area contributed by atoms with Crippen LogP contribution in [0.4, 0.5) is 0 Å². The van der Waals surface area contributed by atoms with Gasteiger partial charge in [0, 0.05) is 19.3 Å². The fourth-order valence-corrected chi connectivity index (χ4v) is 4.09. The van der Waals surface area contributed by atoms with Crippen LogP contribution in [0.2, 0.25) is 0 Å². The molecule has 236 valence electrons. The van der Waals surface area contributed by atoms with Crippen molar-refractivity contribution in [1.82, 2.24) is 0 Å². The number of hydrogen-bond acceptors (Lipinski definition) is 11. The Morgan fingerprint density at radius 2 is 0.900 bits per heavy atom. The van der Waals surface area contributed by atoms with Crippen molar-refractivity contribution in [3.8, 4) is 0 Å². The number of rotatable bonds is 25. The molecule has 0 aliphatic heterocycles. The molecule has 0 aromatic carbocycles. The van der Waals surface area contributed by atoms with Crippen LogP contribution in [-0.2, 0) is 28.6 Å². The van der Waals surface area contributed by atoms with Gasteiger partial charge < -0.3 is 39.7 Å². The molecule has 0 aliphatic carbocycles. The number of carbonyl (C=O) groups is 3. The first-order chi connectivity index (χ1) is 19.0. The van der Waals surface area contributed by atoms with Gasteiger partial charge in [0.15, 0.2) is 6.10 Å². The van der Waals surface area contributed by atoms with Gasteiger partial charge in [-0.2, -0.15) is 0 Å². The first-order valence-electron chi connectivity index (χ1n) is 15.1. The predicted molar refractivity (Wildman–Crippen MR) is 147 cm³/mol. The number of aliphatic hydroxyl groups excluding tert-OH is 3. The lowest BCUT2D eigenvalue weighted by molar-refractivity contribution is -0.464. The Morgan fingerprint density at radius 1 is 0.575 bits per heavy atom. The van der Waals surface area contributed by atoms with Crippen LogP contribution in [0.1, 0.15) is 136 Å². The number of carbonyl (C=O) groups excluding carboxylic acids is 3. The number of ether oxygens (including phenoxy) is 3. The van der Waals surface area contributed by atoms with Gasteiger partial charge in [-0.1, -0.05) is 97.8 Å². The molecule has 0 rings (SSSR count). The summed E-state index contributed by atoms with van der Waals surface area (Å²) in [6, 6.07) is 0. The zero-order valence-corrected chi connectivity index (χ0v) is 24.8. The SMILES string of the molecule is CCCCCCCC(=O)OC(O)(OC(=O)CCCCCCC)[C@@](O)(OC(=O)CCCCCCC)[C@H](O)[C@H](O)CO. The van der Waals surface area contributed by atoms with E-state index in [1.165, 1.54) is 0 Å². The van der Waals surface area contributed by atoms with Crippen LogP contribution in [0.3, 0.4) is 0 Å². The van der Waals surface area contributed by atoms with Crippen molar-refractivity contribution in [2.45, 2.75) is 160 Å². The molecule has 40 heavy (non-hydrogen) atoms. The summed E-state index contributed by atoms with van der Waals surface area (Å²) < 4.78 is 15.0. The maximum Gasteiger partial charge on any atom is 0.446 e. The second-order valence-electron chi connectivity index (χ2n) is 10.4. The van der Waals surface area contributed by atoms with Gasteiger partial charge in [-0.05, 0) is 19.3 Å². The van der Waals surface area contributed by atoms with Gasteiger partial charge in [0.2, 0.25) is 0 Å². The van der Waals surface area contributed by atoms with Gasteiger partial charge >= 0.3 is 29.7 Å². The maximum absolute atomic E-state index is 12.7. The summed E-state index contributed by atoms with van der Waals surface area (Å²) in [6.45, 7) is 4.98. The van der Waals surface area contributed by atoms with Gasteiger partial charge in [-0.3, -0.25) is 14.4 Å². The molecule has 0 amide bonds. The van der Waals surface area contributed by atoms with Crippen LogP contribution in [0.25, 0.3) is 0 Å². The number of aliphatic hydroxyl groups is 5. The monoisotopic (exact) mass is 578 g/mol. The third-order valence-corrected chi connectivity index (χ3v) is 6.63. The summed E-state index contributed by atoms with van der Waals surface area (Å²) in [6.07, 6.45) is 6.14. The Hall–Kier alpha value is -1.79. The summed E-state index contributed by atoms with van der Waals surface area (Å²) in [5.74, 6) is -10.6. The lowest BCUT2D eigenvalue weighted by Crippen LogP contribution is -2.69. The van der Waals surface area contributed by atoms with Crippen LogP contribution in [0.5, 0.6) is 0 Å². The average Bonchev–Trinajstić information content (AvgIpc) is 2.91. The molecule has 0 saturated carbocycles. The highest BCUT2D eigenvalue weighted by molar-refractivity contribution is 5.73. The molecular weight excluding hydrogens is 524 g/mol. The molecule has 0 unspecified atom stereocenters. The minimum absolute atomic E-state index is 0.222. The van der Waals surface area contributed by atoms with E-state index in [2.05, 4.69) is 0 Å². The predicted octanol–water partition coefficient (Wildman–Crippen LogP) is 3.75. The molecule has 0 radical (unpaired) electrons. The van der Waals surface area contributed by atoms with Crippen LogP contribution in [-0.4, -0.2) is 74.0 Å². The molecule has 0 aromatic heterocycles. The van der Waals surface area contributed by atoms with E-state index in [4.69, 9.17) is 14.2 Å². The first-order valence-corrected chi connectivity index (χ1v) is 15.1. The van der Waals surface area contributed by atoms with Crippen LogP contribution in [0, 0.1) is 0 Å². The molecule has 11 heteroatoms. The van der Waals surface area contributed by atoms with E-state index in [1.807, 2.05) is 20.8 Å². The Bertz CT molecular complexity index is 671. The molecule has 0 aromatic rings. The van der Waals surface area contributed by atoms with Gasteiger partial charge in [-0.15, -0.1) is 0 Å². The molecule has 0 bridgehead atoms. The second kappa shape index (κ2) is 21.9. The number of esters is 3. The molecule has 0 aliphatic rings. The molecular formula is C29H54O11. The second-order valence-corrected chi connectivity index (χ2v) is 10.4. The zero-order valence-electron chi connectivity index (χ0n) is 24.8. The highest BCUT2D eigenvalue weighted by Crippen LogP contribution is 2.34. The van der Waals surface area contributed by atoms with Crippen molar-refractivity contribution in [3.63, 3.8) is 0 Å². The van der Waals surface area contributed by atoms with Crippen LogP contribution >= 0.6 is 0 Å². The Morgan fingerprint density at radius 3 is 1.23 bits per heavy atom. The van der Waals surface area contributed by atoms with E-state index in [1.54, 1.807) is 0 Å². The molecule has 11 nitrogen and oxygen atoms in total. The molecule has 5 N–H and O–H groups in total. The summed E-state index contributed by atoms with van der Waals surface area (Å²) in [5.41, 5.74) is 0. The quantitative estimate of drug-likeness (QED) is 0.0605. The van der Waals surface area contributed by atoms with Crippen LogP contribution < -0.4 is 0 Å². The van der Waals surface area contributed by atoms with E-state index in [9.17, 15) is 39.9 Å². The lowest BCUT2D eigenvalue weighted by atomic mass is 10.0. The number of unbranched alkanes of at least 4 members (excludes halogenated alkanes) is 12. The third kappa shape index (κ3) is 14.7. The molecule has 0 saturated heterocycles. The average molecular weight is 579 g/mol. The lowest BCUT2D eigenvalue weighted by Gasteiger charge is -2.42. The summed E-state index contributed by atoms with van der Waals surface area (Å²) in [7, 11) is 0. The standard InChI is InChI=1S/C29H54O11/c1-4-7-10-13-16-19-24(32)38-28(36,27(35)23(31)22-30)29(37,39-25(33)20-17-14-11-8-5-2)40-26(34)21-18-15-12-9-6-3/h23,27,30-31,35-37H,4-22H2,1-3H3/t23-,27-,28+/m1/s1. The van der Waals surface area contributed by atoms with Gasteiger partial charge in [0.05, 0.1) is 6.61 Å². The van der Waals surface area contributed by atoms with Crippen molar-refractivity contribution >= 4 is 17.9 Å². The van der Waals surface area contributed by atoms with Gasteiger partial charge in [0.1, 0.15) is 6.10 Å². The molecule has 0 heterocycles. The maximum atomic E-state index is 12.7. The Labute approximate surface area is 239 Å². The fourth-order valence-electron chi connectivity index (χ4n) is 4.09. The van der Waals surface area contributed by atoms with Crippen LogP contribution in [0.15, 0.2) is 0 Å². The smallest absolute Gasteiger partial charge is 0.419 e. The molecule has 3 atom stereocenters. The van der Waals surface area contributed by atoms with Crippen molar-refractivity contribution < 1.29 is 54.1 Å². The Balaban J connectivity index is 5.90. The van der Waals surface area contributed by atoms with E-state index in [-0.39, 0.29) is 19.3 Å². The topological polar surface area (TPSA) is 180 Å². The minimum atomic E-state index is -3.69. The molecule has 0 fully saturated rings. The highest BCUT2D eigenvalue weighted by Gasteiger charge is 2.66. The Kier molecular flexibility index (Phi) is 20.9. The summed E-state index contributed by atoms with van der Waals surface area (Å²) >= 11 is 0. The van der Waals surface area contributed by atoms with Crippen molar-refractivity contribution in [2.75, 3.05) is 6.61 Å². The largest absolute Gasteiger partial charge is 0.446 e. The van der Waals surface area contributed by atoms with E-state index < -0.39 is 48.5 Å². The molecule has 0 spiro atoms. The van der Waals surface area contributed by atoms with E-state index in [0.29, 0.717) is 38.5 Å². The highest BCUT2D eigenvalue weighted by atomic mass is 16.9. The number of hydrogen-bond donors (Lipinski definition) is 5. The third-order valence-electron chi connectivity index (χ3n) is 6.63.